The molecule has 5 heteroatoms. The topological polar surface area (TPSA) is 49.0 Å². The molecule has 1 aliphatic heterocycles. The van der Waals surface area contributed by atoms with Crippen LogP contribution >= 0.6 is 12.6 Å². The molecule has 1 fully saturated rings. The summed E-state index contributed by atoms with van der Waals surface area (Å²) >= 11 is 4.10. The normalized spacial score (nSPS) is 21.1. The van der Waals surface area contributed by atoms with Crippen LogP contribution in [0.4, 0.5) is 0 Å². The molecule has 0 aromatic carbocycles. The summed E-state index contributed by atoms with van der Waals surface area (Å²) in [4.78, 5) is 13.7. The van der Waals surface area contributed by atoms with E-state index in [0.29, 0.717) is 18.1 Å². The maximum Gasteiger partial charge on any atom is 0.223 e. The van der Waals surface area contributed by atoms with Crippen LogP contribution in [0.25, 0.3) is 0 Å². The van der Waals surface area contributed by atoms with Crippen molar-refractivity contribution in [3.8, 4) is 0 Å². The number of piperidine rings is 1. The number of nitrogens with one attached hydrogen (secondary N) is 1. The van der Waals surface area contributed by atoms with Gasteiger partial charge in [-0.15, -0.1) is 0 Å². The van der Waals surface area contributed by atoms with E-state index in [-0.39, 0.29) is 5.91 Å². The zero-order chi connectivity index (χ0) is 11.4. The summed E-state index contributed by atoms with van der Waals surface area (Å²) in [6, 6.07) is 2.00. The number of rotatable bonds is 3. The summed E-state index contributed by atoms with van der Waals surface area (Å²) in [7, 11) is 0. The Hall–Kier alpha value is -0.970. The summed E-state index contributed by atoms with van der Waals surface area (Å²) in [6.07, 6.45) is 4.51. The lowest BCUT2D eigenvalue weighted by Crippen LogP contribution is -2.39. The molecule has 1 unspecified atom stereocenters. The molecule has 1 aromatic rings. The van der Waals surface area contributed by atoms with E-state index in [1.54, 1.807) is 6.20 Å². The van der Waals surface area contributed by atoms with E-state index in [2.05, 4.69) is 22.8 Å². The Morgan fingerprint density at radius 1 is 1.69 bits per heavy atom. The van der Waals surface area contributed by atoms with Crippen molar-refractivity contribution < 1.29 is 4.79 Å². The zero-order valence-electron chi connectivity index (χ0n) is 9.22. The van der Waals surface area contributed by atoms with E-state index >= 15 is 0 Å². The van der Waals surface area contributed by atoms with E-state index < -0.39 is 0 Å². The van der Waals surface area contributed by atoms with Crippen molar-refractivity contribution in [2.24, 2.45) is 0 Å². The lowest BCUT2D eigenvalue weighted by atomic mass is 9.95. The van der Waals surface area contributed by atoms with E-state index in [9.17, 15) is 4.79 Å². The molecule has 0 spiro atoms. The van der Waals surface area contributed by atoms with Crippen LogP contribution in [0.5, 0.6) is 0 Å². The Morgan fingerprint density at radius 2 is 2.56 bits per heavy atom. The molecule has 2 rings (SSSR count). The van der Waals surface area contributed by atoms with Gasteiger partial charge in [-0.2, -0.15) is 17.7 Å². The van der Waals surface area contributed by atoms with Gasteiger partial charge in [0.2, 0.25) is 5.91 Å². The fraction of sp³-hybridized carbons (Fsp3) is 0.636. The Labute approximate surface area is 101 Å². The highest BCUT2D eigenvalue weighted by Gasteiger charge is 2.24. The number of hydrogen-bond donors (Lipinski definition) is 2. The molecule has 0 saturated carbocycles. The van der Waals surface area contributed by atoms with Gasteiger partial charge in [0.25, 0.3) is 0 Å². The van der Waals surface area contributed by atoms with E-state index in [4.69, 9.17) is 0 Å². The first-order valence-electron chi connectivity index (χ1n) is 5.69. The van der Waals surface area contributed by atoms with Gasteiger partial charge in [0, 0.05) is 37.3 Å². The van der Waals surface area contributed by atoms with Crippen LogP contribution in [0.3, 0.4) is 0 Å². The van der Waals surface area contributed by atoms with Crippen LogP contribution in [-0.2, 0) is 4.79 Å². The number of hydrogen-bond acceptors (Lipinski definition) is 3. The fourth-order valence-corrected chi connectivity index (χ4v) is 2.40. The van der Waals surface area contributed by atoms with Gasteiger partial charge in [-0.25, -0.2) is 0 Å². The third-order valence-corrected chi connectivity index (χ3v) is 3.29. The molecule has 4 nitrogen and oxygen atoms in total. The van der Waals surface area contributed by atoms with Crippen molar-refractivity contribution >= 4 is 18.5 Å². The number of carbonyl (C=O) groups excluding carboxylic acids is 1. The Balaban J connectivity index is 1.96. The average Bonchev–Trinajstić information content (AvgIpc) is 2.83. The van der Waals surface area contributed by atoms with Gasteiger partial charge in [0.15, 0.2) is 0 Å². The van der Waals surface area contributed by atoms with Crippen LogP contribution in [0.1, 0.15) is 30.9 Å². The minimum atomic E-state index is 0.221. The number of thiol groups is 1. The summed E-state index contributed by atoms with van der Waals surface area (Å²) in [6.45, 7) is 1.70. The molecule has 2 heterocycles. The van der Waals surface area contributed by atoms with Gasteiger partial charge in [-0.3, -0.25) is 9.89 Å². The molecule has 1 amide bonds. The highest BCUT2D eigenvalue weighted by atomic mass is 32.1. The van der Waals surface area contributed by atoms with Crippen LogP contribution in [0.2, 0.25) is 0 Å². The van der Waals surface area contributed by atoms with Crippen molar-refractivity contribution in [3.05, 3.63) is 18.0 Å². The van der Waals surface area contributed by atoms with Crippen molar-refractivity contribution in [1.82, 2.24) is 15.1 Å². The van der Waals surface area contributed by atoms with E-state index in [1.165, 1.54) is 0 Å². The Morgan fingerprint density at radius 3 is 3.25 bits per heavy atom. The molecular formula is C11H17N3OS. The molecule has 1 aliphatic rings. The number of amides is 1. The maximum absolute atomic E-state index is 11.8. The van der Waals surface area contributed by atoms with Gasteiger partial charge in [-0.05, 0) is 24.7 Å². The third-order valence-electron chi connectivity index (χ3n) is 3.06. The Kier molecular flexibility index (Phi) is 3.88. The first kappa shape index (κ1) is 11.5. The van der Waals surface area contributed by atoms with Crippen LogP contribution < -0.4 is 0 Å². The van der Waals surface area contributed by atoms with Gasteiger partial charge < -0.3 is 4.90 Å². The number of H-pyrrole nitrogens is 1. The quantitative estimate of drug-likeness (QED) is 0.784. The van der Waals surface area contributed by atoms with Gasteiger partial charge in [0.1, 0.15) is 0 Å². The van der Waals surface area contributed by atoms with Gasteiger partial charge in [-0.1, -0.05) is 0 Å². The van der Waals surface area contributed by atoms with E-state index in [0.717, 1.165) is 31.6 Å². The minimum absolute atomic E-state index is 0.221. The highest BCUT2D eigenvalue weighted by molar-refractivity contribution is 7.80. The number of aromatic amines is 1. The summed E-state index contributed by atoms with van der Waals surface area (Å²) < 4.78 is 0. The molecule has 0 bridgehead atoms. The molecule has 1 aromatic heterocycles. The number of carbonyl (C=O) groups is 1. The molecule has 16 heavy (non-hydrogen) atoms. The molecular weight excluding hydrogens is 222 g/mol. The molecule has 0 radical (unpaired) electrons. The average molecular weight is 239 g/mol. The smallest absolute Gasteiger partial charge is 0.223 e. The first-order chi connectivity index (χ1) is 7.81. The van der Waals surface area contributed by atoms with Crippen molar-refractivity contribution in [2.45, 2.75) is 25.2 Å². The van der Waals surface area contributed by atoms with Gasteiger partial charge >= 0.3 is 0 Å². The number of nitrogens with zero attached hydrogens (tertiary/aromatic N) is 2. The van der Waals surface area contributed by atoms with E-state index in [1.807, 2.05) is 11.0 Å². The summed E-state index contributed by atoms with van der Waals surface area (Å²) in [5.41, 5.74) is 1.14. The van der Waals surface area contributed by atoms with Crippen molar-refractivity contribution in [2.75, 3.05) is 18.8 Å². The molecule has 1 atom stereocenters. The highest BCUT2D eigenvalue weighted by Crippen LogP contribution is 2.25. The summed E-state index contributed by atoms with van der Waals surface area (Å²) in [5, 5.41) is 6.96. The molecule has 88 valence electrons. The molecule has 1 saturated heterocycles. The second kappa shape index (κ2) is 5.39. The lowest BCUT2D eigenvalue weighted by Gasteiger charge is -2.32. The monoisotopic (exact) mass is 239 g/mol. The number of aromatic nitrogens is 2. The predicted octanol–water partition coefficient (Wildman–Crippen LogP) is 1.44. The summed E-state index contributed by atoms with van der Waals surface area (Å²) in [5.74, 6) is 1.27. The third kappa shape index (κ3) is 2.58. The van der Waals surface area contributed by atoms with Crippen molar-refractivity contribution in [3.63, 3.8) is 0 Å². The van der Waals surface area contributed by atoms with Crippen molar-refractivity contribution in [1.29, 1.82) is 0 Å². The predicted molar refractivity (Wildman–Crippen MR) is 65.6 cm³/mol. The van der Waals surface area contributed by atoms with Gasteiger partial charge in [0.05, 0.1) is 0 Å². The second-order valence-electron chi connectivity index (χ2n) is 4.16. The maximum atomic E-state index is 11.8. The first-order valence-corrected chi connectivity index (χ1v) is 6.32. The largest absolute Gasteiger partial charge is 0.342 e. The zero-order valence-corrected chi connectivity index (χ0v) is 10.1. The second-order valence-corrected chi connectivity index (χ2v) is 4.61. The molecule has 1 N–H and O–H groups in total. The minimum Gasteiger partial charge on any atom is -0.342 e. The van der Waals surface area contributed by atoms with Crippen LogP contribution in [0.15, 0.2) is 12.3 Å². The fourth-order valence-electron chi connectivity index (χ4n) is 2.21. The standard InChI is InChI=1S/C11H17N3OS/c15-11(4-7-16)14-6-1-2-9(8-14)10-3-5-12-13-10/h3,5,9,16H,1-2,4,6-8H2,(H,12,13). The Bertz CT molecular complexity index is 339. The molecule has 0 aliphatic carbocycles. The SMILES string of the molecule is O=C(CCS)N1CCCC(c2ccn[nH]2)C1. The lowest BCUT2D eigenvalue weighted by molar-refractivity contribution is -0.131. The van der Waals surface area contributed by atoms with Crippen LogP contribution in [0, 0.1) is 0 Å². The number of likely N-dealkylation sites (tertiary alicyclic amines) is 1. The van der Waals surface area contributed by atoms with Crippen LogP contribution in [-0.4, -0.2) is 39.8 Å².